The van der Waals surface area contributed by atoms with Crippen LogP contribution in [0.2, 0.25) is 0 Å². The van der Waals surface area contributed by atoms with E-state index in [0.29, 0.717) is 30.2 Å². The Morgan fingerprint density at radius 1 is 1.04 bits per heavy atom. The lowest BCUT2D eigenvalue weighted by molar-refractivity contribution is -0.132. The average Bonchev–Trinajstić information content (AvgIpc) is 2.61. The highest BCUT2D eigenvalue weighted by Gasteiger charge is 2.18. The highest BCUT2D eigenvalue weighted by molar-refractivity contribution is 5.77. The van der Waals surface area contributed by atoms with Crippen molar-refractivity contribution in [2.24, 2.45) is 0 Å². The van der Waals surface area contributed by atoms with Crippen molar-refractivity contribution in [3.63, 3.8) is 0 Å². The second kappa shape index (κ2) is 8.63. The maximum absolute atomic E-state index is 12.2. The fourth-order valence-electron chi connectivity index (χ4n) is 2.71. The second-order valence-electron chi connectivity index (χ2n) is 5.77. The Morgan fingerprint density at radius 3 is 2.12 bits per heavy atom. The van der Waals surface area contributed by atoms with E-state index in [1.165, 1.54) is 0 Å². The number of anilines is 1. The molecule has 0 aliphatic carbocycles. The van der Waals surface area contributed by atoms with Crippen molar-refractivity contribution in [2.75, 3.05) is 66.4 Å². The van der Waals surface area contributed by atoms with E-state index < -0.39 is 0 Å². The molecule has 1 N–H and O–H groups in total. The standard InChI is InChI=1S/C17H27N3O4/c1-19-7-9-20(10-8-19)16(21)5-6-18-13-11-14(22-2)17(24-4)15(12-13)23-3/h11-12,18H,5-10H2,1-4H3. The number of amides is 1. The zero-order valence-corrected chi connectivity index (χ0v) is 14.9. The number of hydrogen-bond acceptors (Lipinski definition) is 6. The number of nitrogens with zero attached hydrogens (tertiary/aromatic N) is 2. The molecule has 0 atom stereocenters. The average molecular weight is 337 g/mol. The maximum Gasteiger partial charge on any atom is 0.224 e. The number of rotatable bonds is 7. The Hall–Kier alpha value is -2.15. The van der Waals surface area contributed by atoms with E-state index in [0.717, 1.165) is 31.9 Å². The number of likely N-dealkylation sites (N-methyl/N-ethyl adjacent to an activating group) is 1. The molecule has 24 heavy (non-hydrogen) atoms. The number of ether oxygens (including phenoxy) is 3. The topological polar surface area (TPSA) is 63.3 Å². The lowest BCUT2D eigenvalue weighted by Gasteiger charge is -2.32. The van der Waals surface area contributed by atoms with Crippen molar-refractivity contribution in [1.29, 1.82) is 0 Å². The van der Waals surface area contributed by atoms with Gasteiger partial charge in [-0.2, -0.15) is 0 Å². The number of carbonyl (C=O) groups is 1. The minimum Gasteiger partial charge on any atom is -0.493 e. The van der Waals surface area contributed by atoms with Crippen molar-refractivity contribution >= 4 is 11.6 Å². The van der Waals surface area contributed by atoms with Crippen LogP contribution in [0, 0.1) is 0 Å². The monoisotopic (exact) mass is 337 g/mol. The summed E-state index contributed by atoms with van der Waals surface area (Å²) >= 11 is 0. The molecule has 0 radical (unpaired) electrons. The Kier molecular flexibility index (Phi) is 6.54. The summed E-state index contributed by atoms with van der Waals surface area (Å²) in [6.45, 7) is 4.04. The van der Waals surface area contributed by atoms with E-state index in [4.69, 9.17) is 14.2 Å². The van der Waals surface area contributed by atoms with Crippen molar-refractivity contribution in [3.8, 4) is 17.2 Å². The predicted octanol–water partition coefficient (Wildman–Crippen LogP) is 1.29. The largest absolute Gasteiger partial charge is 0.493 e. The van der Waals surface area contributed by atoms with Crippen LogP contribution in [-0.2, 0) is 4.79 Å². The summed E-state index contributed by atoms with van der Waals surface area (Å²) in [6, 6.07) is 3.67. The molecule has 134 valence electrons. The molecule has 1 fully saturated rings. The molecule has 0 spiro atoms. The summed E-state index contributed by atoms with van der Waals surface area (Å²) < 4.78 is 16.0. The van der Waals surface area contributed by atoms with E-state index >= 15 is 0 Å². The highest BCUT2D eigenvalue weighted by atomic mass is 16.5. The van der Waals surface area contributed by atoms with Gasteiger partial charge in [-0.25, -0.2) is 0 Å². The first-order valence-electron chi connectivity index (χ1n) is 8.09. The van der Waals surface area contributed by atoms with Gasteiger partial charge in [0.05, 0.1) is 21.3 Å². The third kappa shape index (κ3) is 4.44. The normalized spacial score (nSPS) is 15.1. The van der Waals surface area contributed by atoms with Crippen molar-refractivity contribution in [3.05, 3.63) is 12.1 Å². The van der Waals surface area contributed by atoms with Crippen LogP contribution < -0.4 is 19.5 Å². The van der Waals surface area contributed by atoms with Crippen molar-refractivity contribution < 1.29 is 19.0 Å². The zero-order chi connectivity index (χ0) is 17.5. The van der Waals surface area contributed by atoms with Crippen LogP contribution in [0.25, 0.3) is 0 Å². The van der Waals surface area contributed by atoms with Gasteiger partial charge in [-0.05, 0) is 7.05 Å². The molecule has 0 unspecified atom stereocenters. The summed E-state index contributed by atoms with van der Waals surface area (Å²) in [5, 5.41) is 3.25. The molecule has 1 heterocycles. The van der Waals surface area contributed by atoms with Gasteiger partial charge in [0.25, 0.3) is 0 Å². The zero-order valence-electron chi connectivity index (χ0n) is 14.9. The molecule has 1 aromatic rings. The third-order valence-corrected chi connectivity index (χ3v) is 4.19. The Balaban J connectivity index is 1.91. The summed E-state index contributed by atoms with van der Waals surface area (Å²) in [5.74, 6) is 1.91. The van der Waals surface area contributed by atoms with Crippen LogP contribution in [0.4, 0.5) is 5.69 Å². The molecule has 2 rings (SSSR count). The molecular weight excluding hydrogens is 310 g/mol. The summed E-state index contributed by atoms with van der Waals surface area (Å²) in [7, 11) is 6.81. The molecule has 1 saturated heterocycles. The van der Waals surface area contributed by atoms with Gasteiger partial charge < -0.3 is 29.3 Å². The number of benzene rings is 1. The Bertz CT molecular complexity index is 532. The maximum atomic E-state index is 12.2. The minimum atomic E-state index is 0.183. The first-order valence-corrected chi connectivity index (χ1v) is 8.09. The van der Waals surface area contributed by atoms with Gasteiger partial charge in [-0.3, -0.25) is 4.79 Å². The number of carbonyl (C=O) groups excluding carboxylic acids is 1. The van der Waals surface area contributed by atoms with E-state index in [9.17, 15) is 4.79 Å². The van der Waals surface area contributed by atoms with Crippen LogP contribution >= 0.6 is 0 Å². The van der Waals surface area contributed by atoms with Gasteiger partial charge in [-0.1, -0.05) is 0 Å². The molecule has 1 aliphatic rings. The number of hydrogen-bond donors (Lipinski definition) is 1. The molecule has 7 nitrogen and oxygen atoms in total. The fourth-order valence-corrected chi connectivity index (χ4v) is 2.71. The summed E-state index contributed by atoms with van der Waals surface area (Å²) in [5.41, 5.74) is 0.829. The van der Waals surface area contributed by atoms with Crippen LogP contribution in [0.1, 0.15) is 6.42 Å². The molecule has 1 aromatic carbocycles. The van der Waals surface area contributed by atoms with Gasteiger partial charge in [0.15, 0.2) is 11.5 Å². The first-order chi connectivity index (χ1) is 11.6. The Morgan fingerprint density at radius 2 is 1.62 bits per heavy atom. The van der Waals surface area contributed by atoms with Crippen LogP contribution in [0.5, 0.6) is 17.2 Å². The van der Waals surface area contributed by atoms with E-state index in [2.05, 4.69) is 17.3 Å². The van der Waals surface area contributed by atoms with Crippen LogP contribution in [0.3, 0.4) is 0 Å². The van der Waals surface area contributed by atoms with E-state index in [1.54, 1.807) is 21.3 Å². The van der Waals surface area contributed by atoms with Crippen LogP contribution in [0.15, 0.2) is 12.1 Å². The lowest BCUT2D eigenvalue weighted by atomic mass is 10.2. The summed E-state index contributed by atoms with van der Waals surface area (Å²) in [4.78, 5) is 16.4. The van der Waals surface area contributed by atoms with Gasteiger partial charge in [0.1, 0.15) is 0 Å². The SMILES string of the molecule is COc1cc(NCCC(=O)N2CCN(C)CC2)cc(OC)c1OC. The summed E-state index contributed by atoms with van der Waals surface area (Å²) in [6.07, 6.45) is 0.459. The third-order valence-electron chi connectivity index (χ3n) is 4.19. The number of nitrogens with one attached hydrogen (secondary N) is 1. The molecule has 0 bridgehead atoms. The lowest BCUT2D eigenvalue weighted by Crippen LogP contribution is -2.47. The quantitative estimate of drug-likeness (QED) is 0.809. The molecule has 1 aliphatic heterocycles. The molecule has 0 saturated carbocycles. The number of methoxy groups -OCH3 is 3. The first kappa shape index (κ1) is 18.2. The number of piperazine rings is 1. The second-order valence-corrected chi connectivity index (χ2v) is 5.77. The fraction of sp³-hybridized carbons (Fsp3) is 0.588. The predicted molar refractivity (Wildman–Crippen MR) is 93.3 cm³/mol. The van der Waals surface area contributed by atoms with Gasteiger partial charge in [0, 0.05) is 57.0 Å². The molecule has 0 aromatic heterocycles. The van der Waals surface area contributed by atoms with Crippen LogP contribution in [-0.4, -0.2) is 76.8 Å². The highest BCUT2D eigenvalue weighted by Crippen LogP contribution is 2.39. The van der Waals surface area contributed by atoms with E-state index in [-0.39, 0.29) is 5.91 Å². The Labute approximate surface area is 143 Å². The molecular formula is C17H27N3O4. The van der Waals surface area contributed by atoms with Gasteiger partial charge >= 0.3 is 0 Å². The minimum absolute atomic E-state index is 0.183. The van der Waals surface area contributed by atoms with Crippen molar-refractivity contribution in [2.45, 2.75) is 6.42 Å². The van der Waals surface area contributed by atoms with Gasteiger partial charge in [0.2, 0.25) is 11.7 Å². The van der Waals surface area contributed by atoms with Gasteiger partial charge in [-0.15, -0.1) is 0 Å². The smallest absolute Gasteiger partial charge is 0.224 e. The molecule has 1 amide bonds. The van der Waals surface area contributed by atoms with E-state index in [1.807, 2.05) is 17.0 Å². The van der Waals surface area contributed by atoms with Crippen molar-refractivity contribution in [1.82, 2.24) is 9.80 Å². The molecule has 7 heteroatoms.